The van der Waals surface area contributed by atoms with E-state index in [9.17, 15) is 9.59 Å². The number of amides is 2. The molecule has 0 saturated carbocycles. The predicted octanol–water partition coefficient (Wildman–Crippen LogP) is 0.0238. The summed E-state index contributed by atoms with van der Waals surface area (Å²) in [4.78, 5) is 26.7. The van der Waals surface area contributed by atoms with Crippen LogP contribution in [0.2, 0.25) is 0 Å². The van der Waals surface area contributed by atoms with Gasteiger partial charge in [-0.15, -0.1) is 0 Å². The molecule has 5 nitrogen and oxygen atoms in total. The van der Waals surface area contributed by atoms with Crippen LogP contribution in [-0.2, 0) is 14.3 Å². The molecule has 0 aromatic heterocycles. The van der Waals surface area contributed by atoms with E-state index in [0.29, 0.717) is 12.1 Å². The summed E-state index contributed by atoms with van der Waals surface area (Å²) in [5.41, 5.74) is 0.543. The van der Waals surface area contributed by atoms with Gasteiger partial charge >= 0.3 is 0 Å². The molecule has 0 aliphatic carbocycles. The van der Waals surface area contributed by atoms with E-state index >= 15 is 0 Å². The zero-order valence-corrected chi connectivity index (χ0v) is 10.1. The van der Waals surface area contributed by atoms with Gasteiger partial charge < -0.3 is 4.74 Å². The topological polar surface area (TPSA) is 49.9 Å². The molecular formula is C12H18N2O3. The highest BCUT2D eigenvalue weighted by atomic mass is 16.5. The fourth-order valence-electron chi connectivity index (χ4n) is 2.13. The van der Waals surface area contributed by atoms with Crippen molar-refractivity contribution in [2.24, 2.45) is 0 Å². The maximum atomic E-state index is 11.6. The van der Waals surface area contributed by atoms with Crippen LogP contribution in [0, 0.1) is 0 Å². The van der Waals surface area contributed by atoms with Crippen molar-refractivity contribution in [3.63, 3.8) is 0 Å². The fraction of sp³-hybridized carbons (Fsp3) is 0.667. The van der Waals surface area contributed by atoms with Gasteiger partial charge in [0.2, 0.25) is 0 Å². The van der Waals surface area contributed by atoms with E-state index < -0.39 is 0 Å². The van der Waals surface area contributed by atoms with Gasteiger partial charge in [-0.1, -0.05) is 0 Å². The average molecular weight is 238 g/mol. The largest absolute Gasteiger partial charge is 0.379 e. The summed E-state index contributed by atoms with van der Waals surface area (Å²) < 4.78 is 5.26. The van der Waals surface area contributed by atoms with Crippen LogP contribution in [0.25, 0.3) is 0 Å². The first kappa shape index (κ1) is 12.3. The van der Waals surface area contributed by atoms with Crippen molar-refractivity contribution in [3.8, 4) is 0 Å². The first-order valence-corrected chi connectivity index (χ1v) is 6.03. The molecule has 0 spiro atoms. The zero-order valence-electron chi connectivity index (χ0n) is 10.1. The van der Waals surface area contributed by atoms with Gasteiger partial charge in [0.25, 0.3) is 11.8 Å². The molecular weight excluding hydrogens is 220 g/mol. The number of morpholine rings is 1. The molecule has 2 aliphatic heterocycles. The highest BCUT2D eigenvalue weighted by molar-refractivity contribution is 6.15. The Labute approximate surface area is 101 Å². The van der Waals surface area contributed by atoms with Crippen molar-refractivity contribution in [3.05, 3.63) is 11.6 Å². The molecule has 0 bridgehead atoms. The van der Waals surface area contributed by atoms with Crippen LogP contribution in [-0.4, -0.2) is 61.0 Å². The van der Waals surface area contributed by atoms with Crippen molar-refractivity contribution in [2.45, 2.75) is 13.3 Å². The van der Waals surface area contributed by atoms with E-state index in [0.717, 1.165) is 39.3 Å². The summed E-state index contributed by atoms with van der Waals surface area (Å²) in [5.74, 6) is -0.313. The Kier molecular flexibility index (Phi) is 3.91. The van der Waals surface area contributed by atoms with Gasteiger partial charge in [0.1, 0.15) is 0 Å². The maximum absolute atomic E-state index is 11.6. The second-order valence-corrected chi connectivity index (χ2v) is 4.43. The lowest BCUT2D eigenvalue weighted by molar-refractivity contribution is -0.137. The second kappa shape index (κ2) is 5.42. The quantitative estimate of drug-likeness (QED) is 0.648. The number of hydrogen-bond donors (Lipinski definition) is 0. The molecule has 2 aliphatic rings. The van der Waals surface area contributed by atoms with E-state index in [1.165, 1.54) is 11.0 Å². The summed E-state index contributed by atoms with van der Waals surface area (Å²) in [7, 11) is 0. The van der Waals surface area contributed by atoms with E-state index in [4.69, 9.17) is 4.74 Å². The molecule has 0 N–H and O–H groups in total. The number of ether oxygens (including phenoxy) is 1. The molecule has 94 valence electrons. The van der Waals surface area contributed by atoms with Gasteiger partial charge in [0.05, 0.1) is 13.2 Å². The summed E-state index contributed by atoms with van der Waals surface area (Å²) in [6.45, 7) is 6.56. The Morgan fingerprint density at radius 1 is 1.24 bits per heavy atom. The van der Waals surface area contributed by atoms with Gasteiger partial charge in [-0.25, -0.2) is 0 Å². The standard InChI is InChI=1S/C12H18N2O3/c1-10-9-11(15)14(12(10)16)4-2-3-13-5-7-17-8-6-13/h9H,2-8H2,1H3. The maximum Gasteiger partial charge on any atom is 0.256 e. The highest BCUT2D eigenvalue weighted by Gasteiger charge is 2.27. The summed E-state index contributed by atoms with van der Waals surface area (Å²) in [5, 5.41) is 0. The lowest BCUT2D eigenvalue weighted by Crippen LogP contribution is -2.39. The third-order valence-electron chi connectivity index (χ3n) is 3.15. The number of hydrogen-bond acceptors (Lipinski definition) is 4. The number of imide groups is 1. The Morgan fingerprint density at radius 3 is 2.53 bits per heavy atom. The van der Waals surface area contributed by atoms with Gasteiger partial charge in [0, 0.05) is 37.8 Å². The molecule has 0 aromatic carbocycles. The van der Waals surface area contributed by atoms with E-state index in [-0.39, 0.29) is 11.8 Å². The van der Waals surface area contributed by atoms with Crippen LogP contribution in [0.3, 0.4) is 0 Å². The Balaban J connectivity index is 1.72. The fourth-order valence-corrected chi connectivity index (χ4v) is 2.13. The van der Waals surface area contributed by atoms with Gasteiger partial charge in [-0.3, -0.25) is 19.4 Å². The molecule has 1 fully saturated rings. The van der Waals surface area contributed by atoms with Crippen molar-refractivity contribution in [1.82, 2.24) is 9.80 Å². The normalized spacial score (nSPS) is 22.2. The highest BCUT2D eigenvalue weighted by Crippen LogP contribution is 2.12. The van der Waals surface area contributed by atoms with Crippen LogP contribution in [0.1, 0.15) is 13.3 Å². The monoisotopic (exact) mass is 238 g/mol. The molecule has 0 unspecified atom stereocenters. The Bertz CT molecular complexity index is 346. The number of carbonyl (C=O) groups excluding carboxylic acids is 2. The van der Waals surface area contributed by atoms with Gasteiger partial charge in [0.15, 0.2) is 0 Å². The van der Waals surface area contributed by atoms with Crippen molar-refractivity contribution >= 4 is 11.8 Å². The third kappa shape index (κ3) is 2.92. The number of rotatable bonds is 4. The first-order chi connectivity index (χ1) is 8.18. The van der Waals surface area contributed by atoms with Crippen LogP contribution in [0.4, 0.5) is 0 Å². The van der Waals surface area contributed by atoms with E-state index in [1.54, 1.807) is 6.92 Å². The minimum atomic E-state index is -0.172. The minimum absolute atomic E-state index is 0.142. The molecule has 0 radical (unpaired) electrons. The summed E-state index contributed by atoms with van der Waals surface area (Å²) in [6.07, 6.45) is 2.25. The van der Waals surface area contributed by atoms with Crippen molar-refractivity contribution in [1.29, 1.82) is 0 Å². The van der Waals surface area contributed by atoms with E-state index in [1.807, 2.05) is 0 Å². The first-order valence-electron chi connectivity index (χ1n) is 6.03. The summed E-state index contributed by atoms with van der Waals surface area (Å²) in [6, 6.07) is 0. The SMILES string of the molecule is CC1=CC(=O)N(CCCN2CCOCC2)C1=O. The van der Waals surface area contributed by atoms with Gasteiger partial charge in [-0.2, -0.15) is 0 Å². The molecule has 2 rings (SSSR count). The summed E-state index contributed by atoms with van der Waals surface area (Å²) >= 11 is 0. The molecule has 17 heavy (non-hydrogen) atoms. The van der Waals surface area contributed by atoms with E-state index in [2.05, 4.69) is 4.90 Å². The Hall–Kier alpha value is -1.20. The third-order valence-corrected chi connectivity index (χ3v) is 3.15. The molecule has 2 heterocycles. The van der Waals surface area contributed by atoms with Crippen molar-refractivity contribution < 1.29 is 14.3 Å². The number of carbonyl (C=O) groups is 2. The molecule has 5 heteroatoms. The lowest BCUT2D eigenvalue weighted by Gasteiger charge is -2.27. The van der Waals surface area contributed by atoms with Crippen molar-refractivity contribution in [2.75, 3.05) is 39.4 Å². The molecule has 0 aromatic rings. The van der Waals surface area contributed by atoms with Crippen LogP contribution >= 0.6 is 0 Å². The van der Waals surface area contributed by atoms with Crippen LogP contribution in [0.5, 0.6) is 0 Å². The predicted molar refractivity (Wildman–Crippen MR) is 62.4 cm³/mol. The minimum Gasteiger partial charge on any atom is -0.379 e. The van der Waals surface area contributed by atoms with Gasteiger partial charge in [-0.05, 0) is 13.3 Å². The number of nitrogens with zero attached hydrogens (tertiary/aromatic N) is 2. The lowest BCUT2D eigenvalue weighted by atomic mass is 10.3. The second-order valence-electron chi connectivity index (χ2n) is 4.43. The molecule has 1 saturated heterocycles. The molecule has 2 amide bonds. The molecule has 0 atom stereocenters. The average Bonchev–Trinajstić information content (AvgIpc) is 2.57. The zero-order chi connectivity index (χ0) is 12.3. The van der Waals surface area contributed by atoms with Crippen LogP contribution < -0.4 is 0 Å². The van der Waals surface area contributed by atoms with Crippen LogP contribution in [0.15, 0.2) is 11.6 Å². The Morgan fingerprint density at radius 2 is 1.94 bits per heavy atom. The smallest absolute Gasteiger partial charge is 0.256 e.